The normalized spacial score (nSPS) is 18.2. The average molecular weight is 587 g/mol. The molecule has 0 saturated carbocycles. The lowest BCUT2D eigenvalue weighted by Gasteiger charge is -2.29. The Kier molecular flexibility index (Phi) is 5.35. The van der Waals surface area contributed by atoms with Gasteiger partial charge >= 0.3 is 0 Å². The maximum Gasteiger partial charge on any atom is 0.0435 e. The highest BCUT2D eigenvalue weighted by Crippen LogP contribution is 2.61. The molecule has 6 aromatic carbocycles. The summed E-state index contributed by atoms with van der Waals surface area (Å²) in [5.41, 5.74) is 14.9. The zero-order valence-corrected chi connectivity index (χ0v) is 26.1. The summed E-state index contributed by atoms with van der Waals surface area (Å²) >= 11 is 3.89. The van der Waals surface area contributed by atoms with Crippen LogP contribution in [0.15, 0.2) is 147 Å². The monoisotopic (exact) mass is 586 g/mol. The van der Waals surface area contributed by atoms with Gasteiger partial charge in [0.15, 0.2) is 0 Å². The van der Waals surface area contributed by atoms with Gasteiger partial charge in [-0.1, -0.05) is 147 Å². The van der Waals surface area contributed by atoms with Crippen LogP contribution < -0.4 is 0 Å². The summed E-state index contributed by atoms with van der Waals surface area (Å²) in [6.07, 6.45) is 0. The molecule has 206 valence electrons. The molecule has 2 heteroatoms. The van der Waals surface area contributed by atoms with Crippen molar-refractivity contribution in [3.63, 3.8) is 0 Å². The maximum atomic E-state index is 2.46. The molecule has 6 aromatic rings. The number of benzene rings is 6. The Morgan fingerprint density at radius 2 is 1.12 bits per heavy atom. The van der Waals surface area contributed by atoms with E-state index in [0.29, 0.717) is 0 Å². The van der Waals surface area contributed by atoms with E-state index in [1.165, 1.54) is 80.8 Å². The van der Waals surface area contributed by atoms with Crippen molar-refractivity contribution in [1.82, 2.24) is 0 Å². The minimum absolute atomic E-state index is 0.0162. The van der Waals surface area contributed by atoms with Crippen molar-refractivity contribution in [3.05, 3.63) is 155 Å². The van der Waals surface area contributed by atoms with E-state index in [-0.39, 0.29) is 10.8 Å². The zero-order valence-electron chi connectivity index (χ0n) is 24.4. The van der Waals surface area contributed by atoms with Gasteiger partial charge in [-0.05, 0) is 80.8 Å². The van der Waals surface area contributed by atoms with Crippen molar-refractivity contribution in [1.29, 1.82) is 0 Å². The second-order valence-electron chi connectivity index (χ2n) is 12.6. The molecule has 3 aliphatic rings. The van der Waals surface area contributed by atoms with E-state index in [1.54, 1.807) is 0 Å². The SMILES string of the molecule is CC1(C)c2ccccc2-c2ccc(-c3cccc4c3Sc3c(ccc5c3-c3ccccc3C5(C)c3ccccc3)S4)cc21. The maximum absolute atomic E-state index is 2.46. The largest absolute Gasteiger partial charge is 0.0877 e. The molecule has 0 saturated heterocycles. The second kappa shape index (κ2) is 9.02. The third kappa shape index (κ3) is 3.42. The third-order valence-corrected chi connectivity index (χ3v) is 12.7. The predicted molar refractivity (Wildman–Crippen MR) is 182 cm³/mol. The van der Waals surface area contributed by atoms with Crippen LogP contribution in [0.4, 0.5) is 0 Å². The summed E-state index contributed by atoms with van der Waals surface area (Å²) in [7, 11) is 0. The van der Waals surface area contributed by atoms with Crippen molar-refractivity contribution in [2.75, 3.05) is 0 Å². The Hall–Kier alpha value is -3.98. The molecular formula is C41H30S2. The summed E-state index contributed by atoms with van der Waals surface area (Å²) < 4.78 is 0. The predicted octanol–water partition coefficient (Wildman–Crippen LogP) is 11.6. The molecule has 0 aromatic heterocycles. The number of hydrogen-bond donors (Lipinski definition) is 0. The first-order valence-corrected chi connectivity index (χ1v) is 16.7. The van der Waals surface area contributed by atoms with Crippen LogP contribution in [0.1, 0.15) is 48.6 Å². The Morgan fingerprint density at radius 1 is 0.442 bits per heavy atom. The fraction of sp³-hybridized carbons (Fsp3) is 0.122. The standard InChI is InChI=1S/C41H30S2/c1-40(2)31-17-9-7-14-28(31)29-21-20-25(24-34(29)40)27-16-11-19-35-38(27)43-39-36(42-35)23-22-33-37(39)30-15-8-10-18-32(30)41(33,3)26-12-5-4-6-13-26/h4-24H,1-3H3. The van der Waals surface area contributed by atoms with Crippen molar-refractivity contribution in [2.45, 2.75) is 51.2 Å². The molecular weight excluding hydrogens is 557 g/mol. The first kappa shape index (κ1) is 25.5. The summed E-state index contributed by atoms with van der Waals surface area (Å²) in [4.78, 5) is 5.46. The molecule has 0 bridgehead atoms. The van der Waals surface area contributed by atoms with Crippen LogP contribution in [0.3, 0.4) is 0 Å². The van der Waals surface area contributed by atoms with Gasteiger partial charge in [0.05, 0.1) is 0 Å². The molecule has 0 radical (unpaired) electrons. The summed E-state index contributed by atoms with van der Waals surface area (Å²) in [6.45, 7) is 7.14. The fourth-order valence-electron chi connectivity index (χ4n) is 7.82. The highest BCUT2D eigenvalue weighted by atomic mass is 32.2. The van der Waals surface area contributed by atoms with Crippen molar-refractivity contribution in [2.24, 2.45) is 0 Å². The van der Waals surface area contributed by atoms with E-state index in [2.05, 4.69) is 148 Å². The van der Waals surface area contributed by atoms with Crippen molar-refractivity contribution < 1.29 is 0 Å². The first-order valence-electron chi connectivity index (χ1n) is 15.0. The van der Waals surface area contributed by atoms with Gasteiger partial charge in [0.2, 0.25) is 0 Å². The number of hydrogen-bond acceptors (Lipinski definition) is 2. The van der Waals surface area contributed by atoms with Crippen molar-refractivity contribution in [3.8, 4) is 33.4 Å². The molecule has 1 unspecified atom stereocenters. The van der Waals surface area contributed by atoms with Gasteiger partial charge in [0.1, 0.15) is 0 Å². The Bertz CT molecular complexity index is 2120. The van der Waals surface area contributed by atoms with Crippen LogP contribution >= 0.6 is 23.5 Å². The van der Waals surface area contributed by atoms with Crippen LogP contribution in [0.5, 0.6) is 0 Å². The lowest BCUT2D eigenvalue weighted by molar-refractivity contribution is 0.660. The lowest BCUT2D eigenvalue weighted by Crippen LogP contribution is -2.22. The summed E-state index contributed by atoms with van der Waals surface area (Å²) in [6, 6.07) is 47.7. The highest BCUT2D eigenvalue weighted by molar-refractivity contribution is 8.05. The van der Waals surface area contributed by atoms with E-state index in [1.807, 2.05) is 23.5 Å². The van der Waals surface area contributed by atoms with Gasteiger partial charge < -0.3 is 0 Å². The minimum Gasteiger partial charge on any atom is -0.0877 e. The second-order valence-corrected chi connectivity index (χ2v) is 14.7. The molecule has 0 nitrogen and oxygen atoms in total. The molecule has 0 N–H and O–H groups in total. The van der Waals surface area contributed by atoms with Gasteiger partial charge in [-0.15, -0.1) is 0 Å². The molecule has 0 spiro atoms. The third-order valence-electron chi connectivity index (χ3n) is 10.0. The summed E-state index contributed by atoms with van der Waals surface area (Å²) in [5, 5.41) is 0. The first-order chi connectivity index (χ1) is 21.0. The highest BCUT2D eigenvalue weighted by Gasteiger charge is 2.43. The van der Waals surface area contributed by atoms with Crippen LogP contribution in [0, 0.1) is 0 Å². The van der Waals surface area contributed by atoms with E-state index >= 15 is 0 Å². The molecule has 9 rings (SSSR count). The van der Waals surface area contributed by atoms with Gasteiger partial charge in [-0.3, -0.25) is 0 Å². The Labute approximate surface area is 262 Å². The van der Waals surface area contributed by atoms with Gasteiger partial charge in [0.25, 0.3) is 0 Å². The molecule has 43 heavy (non-hydrogen) atoms. The van der Waals surface area contributed by atoms with Crippen LogP contribution in [-0.4, -0.2) is 0 Å². The Morgan fingerprint density at radius 3 is 1.95 bits per heavy atom. The lowest BCUT2D eigenvalue weighted by atomic mass is 9.74. The summed E-state index contributed by atoms with van der Waals surface area (Å²) in [5.74, 6) is 0. The van der Waals surface area contributed by atoms with Gasteiger partial charge in [-0.25, -0.2) is 0 Å². The number of rotatable bonds is 2. The van der Waals surface area contributed by atoms with E-state index < -0.39 is 0 Å². The van der Waals surface area contributed by atoms with E-state index in [4.69, 9.17) is 0 Å². The topological polar surface area (TPSA) is 0 Å². The number of fused-ring (bicyclic) bond motifs is 9. The van der Waals surface area contributed by atoms with Crippen LogP contribution in [0.25, 0.3) is 33.4 Å². The van der Waals surface area contributed by atoms with Gasteiger partial charge in [-0.2, -0.15) is 0 Å². The van der Waals surface area contributed by atoms with Crippen LogP contribution in [-0.2, 0) is 10.8 Å². The minimum atomic E-state index is -0.187. The van der Waals surface area contributed by atoms with E-state index in [9.17, 15) is 0 Å². The Balaban J connectivity index is 1.21. The molecule has 1 atom stereocenters. The van der Waals surface area contributed by atoms with E-state index in [0.717, 1.165) is 0 Å². The molecule has 2 aliphatic carbocycles. The fourth-order valence-corrected chi connectivity index (χ4v) is 10.4. The molecule has 1 heterocycles. The van der Waals surface area contributed by atoms with Gasteiger partial charge in [0, 0.05) is 36.0 Å². The molecule has 0 fully saturated rings. The molecule has 0 amide bonds. The molecule has 1 aliphatic heterocycles. The smallest absolute Gasteiger partial charge is 0.0435 e. The van der Waals surface area contributed by atoms with Crippen LogP contribution in [0.2, 0.25) is 0 Å². The quantitative estimate of drug-likeness (QED) is 0.198. The average Bonchev–Trinajstić information content (AvgIpc) is 3.45. The van der Waals surface area contributed by atoms with Crippen molar-refractivity contribution >= 4 is 23.5 Å². The zero-order chi connectivity index (χ0) is 28.9.